The van der Waals surface area contributed by atoms with E-state index in [-0.39, 0.29) is 6.61 Å². The molecule has 0 spiro atoms. The molecule has 0 aliphatic rings. The lowest BCUT2D eigenvalue weighted by atomic mass is 10.3. The molecular weight excluding hydrogens is 417 g/mol. The fourth-order valence-corrected chi connectivity index (χ4v) is 3.45. The quantitative estimate of drug-likeness (QED) is 0.553. The first-order valence-electron chi connectivity index (χ1n) is 3.36. The molecule has 0 atom stereocenters. The van der Waals surface area contributed by atoms with E-state index in [0.717, 1.165) is 19.2 Å². The summed E-state index contributed by atoms with van der Waals surface area (Å²) in [5.41, 5.74) is 0. The predicted molar refractivity (Wildman–Crippen MR) is 68.4 cm³/mol. The van der Waals surface area contributed by atoms with Gasteiger partial charge in [-0.2, -0.15) is 0 Å². The average molecular weight is 422 g/mol. The van der Waals surface area contributed by atoms with Crippen molar-refractivity contribution in [3.05, 3.63) is 24.3 Å². The number of rotatable bonds is 3. The second-order valence-corrected chi connectivity index (χ2v) is 4.94. The fraction of sp³-hybridized carbons (Fsp3) is 0.125. The van der Waals surface area contributed by atoms with Crippen LogP contribution in [0.1, 0.15) is 0 Å². The third-order valence-electron chi connectivity index (χ3n) is 1.26. The molecule has 13 heavy (non-hydrogen) atoms. The van der Waals surface area contributed by atoms with Gasteiger partial charge in [0.25, 0.3) is 0 Å². The Kier molecular flexibility index (Phi) is 4.74. The number of aldehydes is 1. The molecule has 0 bridgehead atoms. The Hall–Kier alpha value is 0.440. The summed E-state index contributed by atoms with van der Waals surface area (Å²) in [7, 11) is 0. The van der Waals surface area contributed by atoms with Crippen LogP contribution in [0.25, 0.3) is 0 Å². The molecule has 1 aromatic rings. The van der Waals surface area contributed by atoms with Crippen LogP contribution in [0.15, 0.2) is 12.1 Å². The lowest BCUT2D eigenvalue weighted by Crippen LogP contribution is -2.01. The zero-order chi connectivity index (χ0) is 9.84. The molecule has 0 heterocycles. The molecule has 0 unspecified atom stereocenters. The molecule has 1 rings (SSSR count). The fourth-order valence-electron chi connectivity index (χ4n) is 0.784. The van der Waals surface area contributed by atoms with Crippen molar-refractivity contribution in [2.45, 2.75) is 0 Å². The highest BCUT2D eigenvalue weighted by molar-refractivity contribution is 14.1. The summed E-state index contributed by atoms with van der Waals surface area (Å²) in [6, 6.07) is 3.59. The van der Waals surface area contributed by atoms with Crippen LogP contribution in [0.5, 0.6) is 5.75 Å². The van der Waals surface area contributed by atoms with E-state index in [0.29, 0.717) is 5.02 Å². The Bertz CT molecular complexity index is 305. The lowest BCUT2D eigenvalue weighted by molar-refractivity contribution is -0.109. The molecule has 2 nitrogen and oxygen atoms in total. The zero-order valence-corrected chi connectivity index (χ0v) is 11.5. The van der Waals surface area contributed by atoms with Crippen molar-refractivity contribution in [1.29, 1.82) is 0 Å². The van der Waals surface area contributed by atoms with Crippen molar-refractivity contribution in [2.24, 2.45) is 0 Å². The number of carbonyl (C=O) groups excluding carboxylic acids is 1. The van der Waals surface area contributed by atoms with Gasteiger partial charge in [-0.05, 0) is 57.3 Å². The summed E-state index contributed by atoms with van der Waals surface area (Å²) in [6.45, 7) is 0.0770. The van der Waals surface area contributed by atoms with Gasteiger partial charge in [0.15, 0.2) is 6.29 Å². The van der Waals surface area contributed by atoms with Crippen molar-refractivity contribution >= 4 is 63.1 Å². The van der Waals surface area contributed by atoms with Gasteiger partial charge in [0.05, 0.1) is 7.14 Å². The third kappa shape index (κ3) is 3.25. The molecule has 0 aromatic heterocycles. The smallest absolute Gasteiger partial charge is 0.157 e. The molecule has 0 fully saturated rings. The molecule has 1 aromatic carbocycles. The van der Waals surface area contributed by atoms with Crippen molar-refractivity contribution in [2.75, 3.05) is 6.61 Å². The van der Waals surface area contributed by atoms with E-state index in [4.69, 9.17) is 16.3 Å². The first-order valence-corrected chi connectivity index (χ1v) is 5.89. The summed E-state index contributed by atoms with van der Waals surface area (Å²) in [4.78, 5) is 10.1. The first kappa shape index (κ1) is 11.5. The van der Waals surface area contributed by atoms with Crippen LogP contribution in [0, 0.1) is 7.14 Å². The molecule has 0 N–H and O–H groups in total. The molecule has 0 saturated heterocycles. The molecule has 70 valence electrons. The molecule has 0 aliphatic carbocycles. The molecule has 0 amide bonds. The van der Waals surface area contributed by atoms with Crippen LogP contribution >= 0.6 is 56.8 Å². The third-order valence-corrected chi connectivity index (χ3v) is 3.08. The zero-order valence-electron chi connectivity index (χ0n) is 6.39. The average Bonchev–Trinajstić information content (AvgIpc) is 2.02. The van der Waals surface area contributed by atoms with E-state index in [1.54, 1.807) is 12.1 Å². The van der Waals surface area contributed by atoms with E-state index < -0.39 is 0 Å². The number of hydrogen-bond donors (Lipinski definition) is 0. The highest BCUT2D eigenvalue weighted by Crippen LogP contribution is 2.30. The van der Waals surface area contributed by atoms with Crippen molar-refractivity contribution in [3.8, 4) is 5.75 Å². The van der Waals surface area contributed by atoms with Gasteiger partial charge in [-0.15, -0.1) is 0 Å². The Labute approximate surface area is 108 Å². The number of benzene rings is 1. The number of hydrogen-bond acceptors (Lipinski definition) is 2. The minimum atomic E-state index is 0.0770. The van der Waals surface area contributed by atoms with Gasteiger partial charge in [0, 0.05) is 5.02 Å². The maximum atomic E-state index is 10.1. The monoisotopic (exact) mass is 422 g/mol. The molecular formula is C8H5ClI2O2. The maximum Gasteiger partial charge on any atom is 0.157 e. The van der Waals surface area contributed by atoms with Gasteiger partial charge in [0.2, 0.25) is 0 Å². The largest absolute Gasteiger partial charge is 0.484 e. The normalized spacial score (nSPS) is 9.77. The number of ether oxygens (including phenoxy) is 1. The maximum absolute atomic E-state index is 10.1. The Morgan fingerprint density at radius 3 is 2.38 bits per heavy atom. The van der Waals surface area contributed by atoms with Crippen LogP contribution in [-0.4, -0.2) is 12.9 Å². The SMILES string of the molecule is O=CCOc1c(I)cc(Cl)cc1I. The molecule has 0 aliphatic heterocycles. The first-order chi connectivity index (χ1) is 6.15. The van der Waals surface area contributed by atoms with Gasteiger partial charge in [-0.3, -0.25) is 4.79 Å². The van der Waals surface area contributed by atoms with E-state index >= 15 is 0 Å². The van der Waals surface area contributed by atoms with E-state index in [1.807, 2.05) is 0 Å². The number of halogens is 3. The predicted octanol–water partition coefficient (Wildman–Crippen LogP) is 3.13. The Balaban J connectivity index is 2.98. The van der Waals surface area contributed by atoms with Crippen LogP contribution in [0.4, 0.5) is 0 Å². The van der Waals surface area contributed by atoms with Gasteiger partial charge < -0.3 is 4.74 Å². The molecule has 5 heteroatoms. The van der Waals surface area contributed by atoms with Crippen LogP contribution < -0.4 is 4.74 Å². The van der Waals surface area contributed by atoms with Crippen molar-refractivity contribution < 1.29 is 9.53 Å². The standard InChI is InChI=1S/C8H5ClI2O2/c9-5-3-6(10)8(7(11)4-5)13-2-1-12/h1,3-4H,2H2. The summed E-state index contributed by atoms with van der Waals surface area (Å²) in [6.07, 6.45) is 0.723. The second-order valence-electron chi connectivity index (χ2n) is 2.18. The van der Waals surface area contributed by atoms with Gasteiger partial charge in [0.1, 0.15) is 12.4 Å². The molecule has 0 saturated carbocycles. The Morgan fingerprint density at radius 2 is 1.92 bits per heavy atom. The highest BCUT2D eigenvalue weighted by atomic mass is 127. The summed E-state index contributed by atoms with van der Waals surface area (Å²) in [5, 5.41) is 0.673. The van der Waals surface area contributed by atoms with Crippen LogP contribution in [-0.2, 0) is 4.79 Å². The van der Waals surface area contributed by atoms with Gasteiger partial charge in [-0.1, -0.05) is 11.6 Å². The van der Waals surface area contributed by atoms with E-state index in [9.17, 15) is 4.79 Å². The van der Waals surface area contributed by atoms with Crippen molar-refractivity contribution in [3.63, 3.8) is 0 Å². The van der Waals surface area contributed by atoms with Crippen LogP contribution in [0.3, 0.4) is 0 Å². The second kappa shape index (κ2) is 5.35. The topological polar surface area (TPSA) is 26.3 Å². The highest BCUT2D eigenvalue weighted by Gasteiger charge is 2.07. The minimum Gasteiger partial charge on any atom is -0.484 e. The van der Waals surface area contributed by atoms with Crippen molar-refractivity contribution in [1.82, 2.24) is 0 Å². The Morgan fingerprint density at radius 1 is 1.38 bits per heavy atom. The number of carbonyl (C=O) groups is 1. The lowest BCUT2D eigenvalue weighted by Gasteiger charge is -2.07. The van der Waals surface area contributed by atoms with Crippen LogP contribution in [0.2, 0.25) is 5.02 Å². The summed E-state index contributed by atoms with van der Waals surface area (Å²) < 4.78 is 7.06. The van der Waals surface area contributed by atoms with E-state index in [1.165, 1.54) is 0 Å². The van der Waals surface area contributed by atoms with Gasteiger partial charge in [-0.25, -0.2) is 0 Å². The summed E-state index contributed by atoms with van der Waals surface area (Å²) >= 11 is 10.1. The van der Waals surface area contributed by atoms with E-state index in [2.05, 4.69) is 45.2 Å². The minimum absolute atomic E-state index is 0.0770. The molecule has 0 radical (unpaired) electrons. The summed E-state index contributed by atoms with van der Waals surface area (Å²) in [5.74, 6) is 0.720. The van der Waals surface area contributed by atoms with Gasteiger partial charge >= 0.3 is 0 Å².